The van der Waals surface area contributed by atoms with Gasteiger partial charge in [-0.05, 0) is 30.5 Å². The normalized spacial score (nSPS) is 11.9. The first-order chi connectivity index (χ1) is 8.40. The number of aryl methyl sites for hydroxylation is 1. The number of hydrogen-bond acceptors (Lipinski definition) is 2. The number of carbonyl (C=O) groups excluding carboxylic acids is 1. The average Bonchev–Trinajstić information content (AvgIpc) is 2.25. The average molecular weight is 270 g/mol. The molecule has 0 bridgehead atoms. The molecule has 0 heterocycles. The van der Waals surface area contributed by atoms with Crippen LogP contribution in [0.5, 0.6) is 0 Å². The molecular formula is C13H16ClNO3. The van der Waals surface area contributed by atoms with Crippen molar-refractivity contribution in [2.24, 2.45) is 5.92 Å². The molecule has 1 aromatic rings. The van der Waals surface area contributed by atoms with Gasteiger partial charge in [0.05, 0.1) is 10.6 Å². The molecule has 0 aliphatic rings. The van der Waals surface area contributed by atoms with Gasteiger partial charge in [-0.15, -0.1) is 0 Å². The number of amides is 1. The second-order valence-corrected chi connectivity index (χ2v) is 4.80. The molecule has 1 amide bonds. The van der Waals surface area contributed by atoms with Gasteiger partial charge >= 0.3 is 5.97 Å². The van der Waals surface area contributed by atoms with Gasteiger partial charge in [0.1, 0.15) is 0 Å². The van der Waals surface area contributed by atoms with Crippen LogP contribution in [0.2, 0.25) is 5.02 Å². The molecule has 0 saturated carbocycles. The number of nitrogens with one attached hydrogen (secondary N) is 1. The van der Waals surface area contributed by atoms with Crippen molar-refractivity contribution in [3.63, 3.8) is 0 Å². The maximum absolute atomic E-state index is 11.8. The Labute approximate surface area is 111 Å². The van der Waals surface area contributed by atoms with Crippen LogP contribution in [0, 0.1) is 12.8 Å². The number of hydrogen-bond donors (Lipinski definition) is 2. The summed E-state index contributed by atoms with van der Waals surface area (Å²) < 4.78 is 0. The first-order valence-corrected chi connectivity index (χ1v) is 6.04. The fourth-order valence-corrected chi connectivity index (χ4v) is 1.86. The summed E-state index contributed by atoms with van der Waals surface area (Å²) in [5.74, 6) is -1.27. The lowest BCUT2D eigenvalue weighted by Crippen LogP contribution is -2.29. The Hall–Kier alpha value is -1.55. The number of halogens is 1. The molecule has 0 radical (unpaired) electrons. The van der Waals surface area contributed by atoms with Crippen molar-refractivity contribution in [2.75, 3.05) is 6.54 Å². The van der Waals surface area contributed by atoms with Gasteiger partial charge in [-0.25, -0.2) is 0 Å². The number of benzene rings is 1. The van der Waals surface area contributed by atoms with Crippen molar-refractivity contribution < 1.29 is 14.7 Å². The number of carbonyl (C=O) groups is 2. The molecule has 98 valence electrons. The minimum atomic E-state index is -0.870. The topological polar surface area (TPSA) is 66.4 Å². The van der Waals surface area contributed by atoms with E-state index >= 15 is 0 Å². The molecule has 1 rings (SSSR count). The second-order valence-electron chi connectivity index (χ2n) is 4.40. The Morgan fingerprint density at radius 3 is 2.67 bits per heavy atom. The monoisotopic (exact) mass is 269 g/mol. The molecule has 4 nitrogen and oxygen atoms in total. The maximum Gasteiger partial charge on any atom is 0.303 e. The van der Waals surface area contributed by atoms with E-state index in [1.165, 1.54) is 0 Å². The van der Waals surface area contributed by atoms with Gasteiger partial charge in [0.15, 0.2) is 0 Å². The molecule has 0 aromatic heterocycles. The van der Waals surface area contributed by atoms with Crippen LogP contribution in [0.15, 0.2) is 18.2 Å². The predicted molar refractivity (Wildman–Crippen MR) is 69.9 cm³/mol. The molecule has 1 aromatic carbocycles. The van der Waals surface area contributed by atoms with Crippen molar-refractivity contribution >= 4 is 23.5 Å². The summed E-state index contributed by atoms with van der Waals surface area (Å²) in [4.78, 5) is 22.3. The van der Waals surface area contributed by atoms with Gasteiger partial charge in [0.2, 0.25) is 0 Å². The highest BCUT2D eigenvalue weighted by atomic mass is 35.5. The van der Waals surface area contributed by atoms with E-state index in [1.54, 1.807) is 19.1 Å². The summed E-state index contributed by atoms with van der Waals surface area (Å²) in [5.41, 5.74) is 1.39. The van der Waals surface area contributed by atoms with Gasteiger partial charge in [0, 0.05) is 13.0 Å². The summed E-state index contributed by atoms with van der Waals surface area (Å²) in [5, 5.41) is 11.7. The van der Waals surface area contributed by atoms with Crippen molar-refractivity contribution in [1.82, 2.24) is 5.32 Å². The van der Waals surface area contributed by atoms with Crippen LogP contribution >= 0.6 is 11.6 Å². The summed E-state index contributed by atoms with van der Waals surface area (Å²) in [6.45, 7) is 3.98. The predicted octanol–water partition coefficient (Wildman–Crippen LogP) is 2.49. The van der Waals surface area contributed by atoms with Crippen LogP contribution in [0.25, 0.3) is 0 Å². The Kier molecular flexibility index (Phi) is 5.16. The van der Waals surface area contributed by atoms with Gasteiger partial charge in [-0.1, -0.05) is 24.6 Å². The zero-order valence-corrected chi connectivity index (χ0v) is 11.1. The molecule has 5 heteroatoms. The summed E-state index contributed by atoms with van der Waals surface area (Å²) in [7, 11) is 0. The Morgan fingerprint density at radius 1 is 1.44 bits per heavy atom. The van der Waals surface area contributed by atoms with Crippen molar-refractivity contribution in [3.05, 3.63) is 34.3 Å². The molecule has 0 fully saturated rings. The standard InChI is InChI=1S/C13H16ClNO3/c1-8-3-4-10(11(14)5-8)13(18)15-7-9(2)6-12(16)17/h3-5,9H,6-7H2,1-2H3,(H,15,18)(H,16,17). The van der Waals surface area contributed by atoms with E-state index in [-0.39, 0.29) is 18.2 Å². The lowest BCUT2D eigenvalue weighted by atomic mass is 10.1. The minimum absolute atomic E-state index is 0.0297. The minimum Gasteiger partial charge on any atom is -0.481 e. The van der Waals surface area contributed by atoms with Crippen LogP contribution in [0.4, 0.5) is 0 Å². The van der Waals surface area contributed by atoms with Gasteiger partial charge < -0.3 is 10.4 Å². The fourth-order valence-electron chi connectivity index (χ4n) is 1.54. The van der Waals surface area contributed by atoms with E-state index in [9.17, 15) is 9.59 Å². The zero-order chi connectivity index (χ0) is 13.7. The molecule has 1 unspecified atom stereocenters. The van der Waals surface area contributed by atoms with E-state index in [1.807, 2.05) is 13.0 Å². The third-order valence-corrected chi connectivity index (χ3v) is 2.82. The molecule has 0 aliphatic heterocycles. The summed E-state index contributed by atoms with van der Waals surface area (Å²) >= 11 is 5.97. The highest BCUT2D eigenvalue weighted by molar-refractivity contribution is 6.33. The summed E-state index contributed by atoms with van der Waals surface area (Å²) in [6, 6.07) is 5.19. The van der Waals surface area contributed by atoms with E-state index in [2.05, 4.69) is 5.32 Å². The molecule has 2 N–H and O–H groups in total. The van der Waals surface area contributed by atoms with Crippen LogP contribution in [0.3, 0.4) is 0 Å². The van der Waals surface area contributed by atoms with E-state index in [4.69, 9.17) is 16.7 Å². The van der Waals surface area contributed by atoms with Crippen molar-refractivity contribution in [1.29, 1.82) is 0 Å². The van der Waals surface area contributed by atoms with E-state index in [0.717, 1.165) is 5.56 Å². The molecular weight excluding hydrogens is 254 g/mol. The number of aliphatic carboxylic acids is 1. The Morgan fingerprint density at radius 2 is 2.11 bits per heavy atom. The maximum atomic E-state index is 11.8. The van der Waals surface area contributed by atoms with E-state index in [0.29, 0.717) is 17.1 Å². The van der Waals surface area contributed by atoms with Gasteiger partial charge in [-0.3, -0.25) is 9.59 Å². The zero-order valence-electron chi connectivity index (χ0n) is 10.4. The molecule has 0 spiro atoms. The fraction of sp³-hybridized carbons (Fsp3) is 0.385. The van der Waals surface area contributed by atoms with Crippen LogP contribution in [-0.4, -0.2) is 23.5 Å². The summed E-state index contributed by atoms with van der Waals surface area (Å²) in [6.07, 6.45) is 0.0297. The second kappa shape index (κ2) is 6.40. The van der Waals surface area contributed by atoms with Crippen molar-refractivity contribution in [3.8, 4) is 0 Å². The Bertz CT molecular complexity index is 460. The highest BCUT2D eigenvalue weighted by Gasteiger charge is 2.12. The number of rotatable bonds is 5. The molecule has 0 saturated heterocycles. The number of carboxylic acid groups (broad SMARTS) is 1. The third-order valence-electron chi connectivity index (χ3n) is 2.50. The largest absolute Gasteiger partial charge is 0.481 e. The van der Waals surface area contributed by atoms with E-state index < -0.39 is 5.97 Å². The quantitative estimate of drug-likeness (QED) is 0.863. The number of carboxylic acids is 1. The molecule has 18 heavy (non-hydrogen) atoms. The van der Waals surface area contributed by atoms with Crippen LogP contribution in [-0.2, 0) is 4.79 Å². The highest BCUT2D eigenvalue weighted by Crippen LogP contribution is 2.17. The molecule has 1 atom stereocenters. The SMILES string of the molecule is Cc1ccc(C(=O)NCC(C)CC(=O)O)c(Cl)c1. The first-order valence-electron chi connectivity index (χ1n) is 5.66. The van der Waals surface area contributed by atoms with Crippen LogP contribution in [0.1, 0.15) is 29.3 Å². The Balaban J connectivity index is 2.58. The smallest absolute Gasteiger partial charge is 0.303 e. The lowest BCUT2D eigenvalue weighted by Gasteiger charge is -2.11. The van der Waals surface area contributed by atoms with Gasteiger partial charge in [0.25, 0.3) is 5.91 Å². The van der Waals surface area contributed by atoms with Gasteiger partial charge in [-0.2, -0.15) is 0 Å². The molecule has 0 aliphatic carbocycles. The lowest BCUT2D eigenvalue weighted by molar-refractivity contribution is -0.137. The van der Waals surface area contributed by atoms with Crippen LogP contribution < -0.4 is 5.32 Å². The third kappa shape index (κ3) is 4.37. The van der Waals surface area contributed by atoms with Crippen molar-refractivity contribution in [2.45, 2.75) is 20.3 Å². The first kappa shape index (κ1) is 14.5.